The van der Waals surface area contributed by atoms with Gasteiger partial charge in [0.25, 0.3) is 5.91 Å². The molecule has 1 aliphatic rings. The number of rotatable bonds is 3. The van der Waals surface area contributed by atoms with E-state index < -0.39 is 11.4 Å². The number of carbonyl (C=O) groups is 2. The Labute approximate surface area is 112 Å². The highest BCUT2D eigenvalue weighted by molar-refractivity contribution is 5.95. The van der Waals surface area contributed by atoms with Gasteiger partial charge in [-0.2, -0.15) is 0 Å². The molecule has 2 unspecified atom stereocenters. The number of carboxylic acids is 1. The third kappa shape index (κ3) is 2.62. The molecule has 4 heteroatoms. The fourth-order valence-electron chi connectivity index (χ4n) is 2.68. The van der Waals surface area contributed by atoms with Crippen LogP contribution in [0.3, 0.4) is 0 Å². The maximum atomic E-state index is 12.2. The van der Waals surface area contributed by atoms with E-state index >= 15 is 0 Å². The van der Waals surface area contributed by atoms with Gasteiger partial charge in [-0.05, 0) is 38.8 Å². The van der Waals surface area contributed by atoms with Crippen LogP contribution in [-0.2, 0) is 4.79 Å². The zero-order chi connectivity index (χ0) is 14.0. The molecule has 1 aromatic carbocycles. The third-order valence-electron chi connectivity index (χ3n) is 4.03. The Hall–Kier alpha value is -1.84. The first-order chi connectivity index (χ1) is 8.93. The first-order valence-electron chi connectivity index (χ1n) is 6.54. The Kier molecular flexibility index (Phi) is 3.60. The van der Waals surface area contributed by atoms with Crippen LogP contribution in [0.2, 0.25) is 0 Å². The fourth-order valence-corrected chi connectivity index (χ4v) is 2.68. The van der Waals surface area contributed by atoms with E-state index in [1.807, 2.05) is 25.1 Å². The second kappa shape index (κ2) is 5.03. The van der Waals surface area contributed by atoms with Crippen molar-refractivity contribution in [2.24, 2.45) is 5.41 Å². The van der Waals surface area contributed by atoms with Crippen LogP contribution in [0.1, 0.15) is 42.1 Å². The zero-order valence-corrected chi connectivity index (χ0v) is 11.3. The van der Waals surface area contributed by atoms with Crippen molar-refractivity contribution in [1.29, 1.82) is 0 Å². The molecule has 0 aliphatic heterocycles. The van der Waals surface area contributed by atoms with E-state index in [9.17, 15) is 14.7 Å². The van der Waals surface area contributed by atoms with Crippen LogP contribution < -0.4 is 5.32 Å². The van der Waals surface area contributed by atoms with Gasteiger partial charge in [0.05, 0.1) is 5.41 Å². The van der Waals surface area contributed by atoms with Crippen LogP contribution in [0.5, 0.6) is 0 Å². The van der Waals surface area contributed by atoms with Gasteiger partial charge in [0.1, 0.15) is 0 Å². The van der Waals surface area contributed by atoms with E-state index in [1.165, 1.54) is 0 Å². The maximum absolute atomic E-state index is 12.2. The fraction of sp³-hybridized carbons (Fsp3) is 0.467. The second-order valence-electron chi connectivity index (χ2n) is 5.51. The molecule has 0 aromatic heterocycles. The molecule has 2 rings (SSSR count). The van der Waals surface area contributed by atoms with Crippen molar-refractivity contribution in [3.8, 4) is 0 Å². The Morgan fingerprint density at radius 2 is 2.16 bits per heavy atom. The van der Waals surface area contributed by atoms with Gasteiger partial charge < -0.3 is 10.4 Å². The third-order valence-corrected chi connectivity index (χ3v) is 4.03. The number of aliphatic carboxylic acids is 1. The molecule has 2 atom stereocenters. The molecule has 2 N–H and O–H groups in total. The lowest BCUT2D eigenvalue weighted by Gasteiger charge is -2.27. The van der Waals surface area contributed by atoms with Crippen molar-refractivity contribution >= 4 is 11.9 Å². The summed E-state index contributed by atoms with van der Waals surface area (Å²) in [4.78, 5) is 23.5. The van der Waals surface area contributed by atoms with Crippen molar-refractivity contribution in [2.45, 2.75) is 39.2 Å². The van der Waals surface area contributed by atoms with Crippen LogP contribution in [0.15, 0.2) is 24.3 Å². The van der Waals surface area contributed by atoms with Gasteiger partial charge in [-0.3, -0.25) is 9.59 Å². The lowest BCUT2D eigenvalue weighted by molar-refractivity contribution is -0.148. The van der Waals surface area contributed by atoms with Crippen molar-refractivity contribution in [3.63, 3.8) is 0 Å². The Balaban J connectivity index is 2.13. The molecule has 1 aromatic rings. The molecule has 1 saturated carbocycles. The zero-order valence-electron chi connectivity index (χ0n) is 11.3. The summed E-state index contributed by atoms with van der Waals surface area (Å²) in [6.45, 7) is 3.64. The summed E-state index contributed by atoms with van der Waals surface area (Å²) in [5, 5.41) is 12.2. The highest BCUT2D eigenvalue weighted by Crippen LogP contribution is 2.38. The number of amides is 1. The molecule has 1 amide bonds. The van der Waals surface area contributed by atoms with Gasteiger partial charge >= 0.3 is 5.97 Å². The monoisotopic (exact) mass is 261 g/mol. The molecule has 0 bridgehead atoms. The van der Waals surface area contributed by atoms with Gasteiger partial charge in [-0.15, -0.1) is 0 Å². The van der Waals surface area contributed by atoms with Gasteiger partial charge in [-0.1, -0.05) is 24.1 Å². The lowest BCUT2D eigenvalue weighted by Crippen LogP contribution is -2.47. The van der Waals surface area contributed by atoms with E-state index in [1.54, 1.807) is 13.0 Å². The molecule has 102 valence electrons. The molecule has 1 aliphatic carbocycles. The van der Waals surface area contributed by atoms with Gasteiger partial charge in [-0.25, -0.2) is 0 Å². The van der Waals surface area contributed by atoms with Gasteiger partial charge in [0, 0.05) is 11.6 Å². The number of hydrogen-bond acceptors (Lipinski definition) is 2. The van der Waals surface area contributed by atoms with E-state index in [4.69, 9.17) is 0 Å². The minimum atomic E-state index is -0.848. The van der Waals surface area contributed by atoms with Crippen LogP contribution in [0.25, 0.3) is 0 Å². The summed E-state index contributed by atoms with van der Waals surface area (Å²) in [7, 11) is 0. The van der Waals surface area contributed by atoms with E-state index in [0.29, 0.717) is 12.0 Å². The summed E-state index contributed by atoms with van der Waals surface area (Å²) < 4.78 is 0. The Morgan fingerprint density at radius 1 is 1.42 bits per heavy atom. The first kappa shape index (κ1) is 13.6. The normalized spacial score (nSPS) is 26.1. The quantitative estimate of drug-likeness (QED) is 0.877. The highest BCUT2D eigenvalue weighted by atomic mass is 16.4. The Morgan fingerprint density at radius 3 is 2.79 bits per heavy atom. The summed E-state index contributed by atoms with van der Waals surface area (Å²) in [6.07, 6.45) is 2.17. The molecular formula is C15H19NO3. The van der Waals surface area contributed by atoms with Crippen LogP contribution in [0.4, 0.5) is 0 Å². The van der Waals surface area contributed by atoms with E-state index in [2.05, 4.69) is 5.32 Å². The summed E-state index contributed by atoms with van der Waals surface area (Å²) in [5.74, 6) is -1.03. The van der Waals surface area contributed by atoms with E-state index in [0.717, 1.165) is 18.4 Å². The number of hydrogen-bond donors (Lipinski definition) is 2. The minimum absolute atomic E-state index is 0.192. The van der Waals surface area contributed by atoms with Crippen LogP contribution >= 0.6 is 0 Å². The molecule has 0 spiro atoms. The van der Waals surface area contributed by atoms with Crippen molar-refractivity contribution in [1.82, 2.24) is 5.32 Å². The smallest absolute Gasteiger partial charge is 0.311 e. The average molecular weight is 261 g/mol. The topological polar surface area (TPSA) is 66.4 Å². The number of carbonyl (C=O) groups excluding carboxylic acids is 1. The first-order valence-corrected chi connectivity index (χ1v) is 6.54. The molecule has 1 fully saturated rings. The Bertz CT molecular complexity index is 512. The predicted molar refractivity (Wildman–Crippen MR) is 72.0 cm³/mol. The number of aryl methyl sites for hydroxylation is 1. The molecule has 19 heavy (non-hydrogen) atoms. The summed E-state index contributed by atoms with van der Waals surface area (Å²) in [5.41, 5.74) is 0.749. The van der Waals surface area contributed by atoms with Crippen molar-refractivity contribution in [2.75, 3.05) is 0 Å². The SMILES string of the molecule is Cc1cccc(C(=O)NC2CCCC2(C)C(=O)O)c1. The largest absolute Gasteiger partial charge is 0.481 e. The van der Waals surface area contributed by atoms with Gasteiger partial charge in [0.15, 0.2) is 0 Å². The molecule has 4 nitrogen and oxygen atoms in total. The summed E-state index contributed by atoms with van der Waals surface area (Å²) >= 11 is 0. The molecule has 0 saturated heterocycles. The van der Waals surface area contributed by atoms with E-state index in [-0.39, 0.29) is 11.9 Å². The maximum Gasteiger partial charge on any atom is 0.311 e. The van der Waals surface area contributed by atoms with Crippen molar-refractivity contribution in [3.05, 3.63) is 35.4 Å². The highest BCUT2D eigenvalue weighted by Gasteiger charge is 2.45. The lowest BCUT2D eigenvalue weighted by atomic mass is 9.85. The average Bonchev–Trinajstić information content (AvgIpc) is 2.72. The van der Waals surface area contributed by atoms with Crippen LogP contribution in [0, 0.1) is 12.3 Å². The standard InChI is InChI=1S/C15H19NO3/c1-10-5-3-6-11(9-10)13(17)16-12-7-4-8-15(12,2)14(18)19/h3,5-6,9,12H,4,7-8H2,1-2H3,(H,16,17)(H,18,19). The van der Waals surface area contributed by atoms with Gasteiger partial charge in [0.2, 0.25) is 0 Å². The molecule has 0 radical (unpaired) electrons. The number of nitrogens with one attached hydrogen (secondary N) is 1. The van der Waals surface area contributed by atoms with Crippen LogP contribution in [-0.4, -0.2) is 23.0 Å². The minimum Gasteiger partial charge on any atom is -0.481 e. The second-order valence-corrected chi connectivity index (χ2v) is 5.51. The molecular weight excluding hydrogens is 242 g/mol. The summed E-state index contributed by atoms with van der Waals surface area (Å²) in [6, 6.07) is 7.01. The molecule has 0 heterocycles. The number of carboxylic acid groups (broad SMARTS) is 1. The predicted octanol–water partition coefficient (Wildman–Crippen LogP) is 2.37. The van der Waals surface area contributed by atoms with Crippen molar-refractivity contribution < 1.29 is 14.7 Å². The number of benzene rings is 1.